The molecule has 3 heteroatoms. The van der Waals surface area contributed by atoms with E-state index in [2.05, 4.69) is 10.2 Å². The smallest absolute Gasteiger partial charge is 0.267 e. The molecular weight excluding hydrogens is 152 g/mol. The van der Waals surface area contributed by atoms with Crippen LogP contribution in [0.2, 0.25) is 0 Å². The van der Waals surface area contributed by atoms with Crippen molar-refractivity contribution in [2.75, 3.05) is 0 Å². The number of rotatable bonds is 1. The third-order valence-electron chi connectivity index (χ3n) is 2.53. The van der Waals surface area contributed by atoms with Crippen molar-refractivity contribution in [3.63, 3.8) is 0 Å². The maximum absolute atomic E-state index is 11.1. The van der Waals surface area contributed by atoms with E-state index in [4.69, 9.17) is 0 Å². The Balaban J connectivity index is 2.57. The van der Waals surface area contributed by atoms with Gasteiger partial charge in [-0.25, -0.2) is 5.10 Å². The Labute approximate surface area is 70.8 Å². The van der Waals surface area contributed by atoms with Crippen molar-refractivity contribution in [2.24, 2.45) is 0 Å². The number of nitrogens with zero attached hydrogens (tertiary/aromatic N) is 1. The Morgan fingerprint density at radius 1 is 1.33 bits per heavy atom. The summed E-state index contributed by atoms with van der Waals surface area (Å²) in [7, 11) is 0. The number of hydrogen-bond acceptors (Lipinski definition) is 2. The second kappa shape index (κ2) is 2.44. The van der Waals surface area contributed by atoms with Crippen LogP contribution in [-0.2, 0) is 0 Å². The van der Waals surface area contributed by atoms with Crippen LogP contribution in [0.5, 0.6) is 0 Å². The molecule has 0 aromatic carbocycles. The normalized spacial score (nSPS) is 16.5. The van der Waals surface area contributed by atoms with Crippen molar-refractivity contribution in [3.05, 3.63) is 27.2 Å². The highest BCUT2D eigenvalue weighted by Gasteiger charge is 2.27. The molecular formula is C9H12N2O. The minimum Gasteiger partial charge on any atom is -0.268 e. The fourth-order valence-corrected chi connectivity index (χ4v) is 1.40. The van der Waals surface area contributed by atoms with Crippen LogP contribution in [0.25, 0.3) is 0 Å². The standard InChI is InChI=1S/C9H12N2O/c1-5-6(2)9(12)11-10-8(5)7-3-4-7/h7H,3-4H2,1-2H3,(H,11,12). The lowest BCUT2D eigenvalue weighted by Gasteiger charge is -2.03. The van der Waals surface area contributed by atoms with E-state index in [9.17, 15) is 4.79 Å². The summed E-state index contributed by atoms with van der Waals surface area (Å²) in [5.41, 5.74) is 2.91. The molecule has 0 radical (unpaired) electrons. The number of hydrogen-bond donors (Lipinski definition) is 1. The molecule has 64 valence electrons. The SMILES string of the molecule is Cc1c(C2CC2)n[nH]c(=O)c1C. The first-order valence-corrected chi connectivity index (χ1v) is 4.26. The summed E-state index contributed by atoms with van der Waals surface area (Å²) < 4.78 is 0. The fraction of sp³-hybridized carbons (Fsp3) is 0.556. The van der Waals surface area contributed by atoms with Gasteiger partial charge in [0, 0.05) is 11.5 Å². The molecule has 1 heterocycles. The van der Waals surface area contributed by atoms with Crippen LogP contribution in [0.1, 0.15) is 35.6 Å². The van der Waals surface area contributed by atoms with Gasteiger partial charge in [0.2, 0.25) is 0 Å². The van der Waals surface area contributed by atoms with Gasteiger partial charge in [0.25, 0.3) is 5.56 Å². The number of aromatic nitrogens is 2. The van der Waals surface area contributed by atoms with Crippen LogP contribution in [0.15, 0.2) is 4.79 Å². The average Bonchev–Trinajstić information content (AvgIpc) is 2.84. The van der Waals surface area contributed by atoms with E-state index < -0.39 is 0 Å². The molecule has 0 saturated heterocycles. The molecule has 12 heavy (non-hydrogen) atoms. The highest BCUT2D eigenvalue weighted by Crippen LogP contribution is 2.40. The van der Waals surface area contributed by atoms with Crippen molar-refractivity contribution in [2.45, 2.75) is 32.6 Å². The zero-order valence-corrected chi connectivity index (χ0v) is 7.35. The van der Waals surface area contributed by atoms with Crippen LogP contribution in [-0.4, -0.2) is 10.2 Å². The molecule has 2 rings (SSSR count). The second-order valence-corrected chi connectivity index (χ2v) is 3.46. The zero-order chi connectivity index (χ0) is 8.72. The van der Waals surface area contributed by atoms with Gasteiger partial charge < -0.3 is 0 Å². The topological polar surface area (TPSA) is 45.8 Å². The van der Waals surface area contributed by atoms with Gasteiger partial charge in [0.1, 0.15) is 0 Å². The van der Waals surface area contributed by atoms with E-state index in [0.29, 0.717) is 5.92 Å². The van der Waals surface area contributed by atoms with E-state index in [0.717, 1.165) is 16.8 Å². The van der Waals surface area contributed by atoms with Crippen LogP contribution in [0, 0.1) is 13.8 Å². The van der Waals surface area contributed by atoms with E-state index in [1.165, 1.54) is 12.8 Å². The summed E-state index contributed by atoms with van der Waals surface area (Å²) in [5.74, 6) is 0.612. The highest BCUT2D eigenvalue weighted by molar-refractivity contribution is 5.29. The van der Waals surface area contributed by atoms with Crippen LogP contribution < -0.4 is 5.56 Å². The molecule has 0 aliphatic heterocycles. The average molecular weight is 164 g/mol. The maximum atomic E-state index is 11.1. The van der Waals surface area contributed by atoms with Gasteiger partial charge in [0.05, 0.1) is 5.69 Å². The summed E-state index contributed by atoms with van der Waals surface area (Å²) in [6, 6.07) is 0. The lowest BCUT2D eigenvalue weighted by atomic mass is 10.1. The third kappa shape index (κ3) is 1.05. The lowest BCUT2D eigenvalue weighted by Crippen LogP contribution is -2.15. The molecule has 1 aromatic rings. The van der Waals surface area contributed by atoms with Crippen molar-refractivity contribution in [3.8, 4) is 0 Å². The summed E-state index contributed by atoms with van der Waals surface area (Å²) >= 11 is 0. The molecule has 3 nitrogen and oxygen atoms in total. The van der Waals surface area contributed by atoms with Crippen molar-refractivity contribution in [1.82, 2.24) is 10.2 Å². The molecule has 1 aromatic heterocycles. The molecule has 0 amide bonds. The fourth-order valence-electron chi connectivity index (χ4n) is 1.40. The largest absolute Gasteiger partial charge is 0.268 e. The highest BCUT2D eigenvalue weighted by atomic mass is 16.1. The number of aromatic amines is 1. The zero-order valence-electron chi connectivity index (χ0n) is 7.35. The molecule has 1 aliphatic carbocycles. The van der Waals surface area contributed by atoms with Crippen LogP contribution in [0.3, 0.4) is 0 Å². The Hall–Kier alpha value is -1.12. The van der Waals surface area contributed by atoms with Gasteiger partial charge in [-0.2, -0.15) is 5.10 Å². The summed E-state index contributed by atoms with van der Waals surface area (Å²) in [5, 5.41) is 6.59. The molecule has 1 aliphatic rings. The van der Waals surface area contributed by atoms with Crippen LogP contribution in [0.4, 0.5) is 0 Å². The Morgan fingerprint density at radius 2 is 2.00 bits per heavy atom. The summed E-state index contributed by atoms with van der Waals surface area (Å²) in [6.07, 6.45) is 2.44. The number of nitrogens with one attached hydrogen (secondary N) is 1. The van der Waals surface area contributed by atoms with Crippen molar-refractivity contribution < 1.29 is 0 Å². The first kappa shape index (κ1) is 7.53. The first-order valence-electron chi connectivity index (χ1n) is 4.26. The number of H-pyrrole nitrogens is 1. The molecule has 1 N–H and O–H groups in total. The van der Waals surface area contributed by atoms with E-state index in [1.807, 2.05) is 13.8 Å². The summed E-state index contributed by atoms with van der Waals surface area (Å²) in [6.45, 7) is 3.83. The van der Waals surface area contributed by atoms with Gasteiger partial charge in [-0.3, -0.25) is 4.79 Å². The predicted octanol–water partition coefficient (Wildman–Crippen LogP) is 1.26. The van der Waals surface area contributed by atoms with Crippen molar-refractivity contribution in [1.29, 1.82) is 0 Å². The van der Waals surface area contributed by atoms with E-state index in [1.54, 1.807) is 0 Å². The Kier molecular flexibility index (Phi) is 1.53. The van der Waals surface area contributed by atoms with Gasteiger partial charge in [0.15, 0.2) is 0 Å². The van der Waals surface area contributed by atoms with Crippen molar-refractivity contribution >= 4 is 0 Å². The quantitative estimate of drug-likeness (QED) is 0.679. The maximum Gasteiger partial charge on any atom is 0.267 e. The van der Waals surface area contributed by atoms with Crippen LogP contribution >= 0.6 is 0 Å². The minimum atomic E-state index is -0.0584. The first-order chi connectivity index (χ1) is 5.70. The molecule has 0 bridgehead atoms. The molecule has 1 saturated carbocycles. The van der Waals surface area contributed by atoms with E-state index in [-0.39, 0.29) is 5.56 Å². The van der Waals surface area contributed by atoms with Gasteiger partial charge in [-0.1, -0.05) is 0 Å². The summed E-state index contributed by atoms with van der Waals surface area (Å²) in [4.78, 5) is 11.1. The lowest BCUT2D eigenvalue weighted by molar-refractivity contribution is 0.856. The molecule has 0 unspecified atom stereocenters. The molecule has 1 fully saturated rings. The second-order valence-electron chi connectivity index (χ2n) is 3.46. The van der Waals surface area contributed by atoms with E-state index >= 15 is 0 Å². The van der Waals surface area contributed by atoms with Gasteiger partial charge in [-0.05, 0) is 32.3 Å². The third-order valence-corrected chi connectivity index (χ3v) is 2.53. The predicted molar refractivity (Wildman–Crippen MR) is 46.3 cm³/mol. The van der Waals surface area contributed by atoms with Gasteiger partial charge in [-0.15, -0.1) is 0 Å². The molecule has 0 atom stereocenters. The van der Waals surface area contributed by atoms with Gasteiger partial charge >= 0.3 is 0 Å². The molecule has 0 spiro atoms. The Bertz CT molecular complexity index is 363. The minimum absolute atomic E-state index is 0.0584. The Morgan fingerprint density at radius 3 is 2.58 bits per heavy atom. The monoisotopic (exact) mass is 164 g/mol.